The number of alkyl halides is 3. The molecule has 1 aromatic heterocycles. The fraction of sp³-hybridized carbons (Fsp3) is 0.200. The highest BCUT2D eigenvalue weighted by atomic mass is 19.4. The first-order chi connectivity index (χ1) is 16.0. The lowest BCUT2D eigenvalue weighted by Crippen LogP contribution is -2.21. The number of fused-ring (bicyclic) bond motifs is 1. The van der Waals surface area contributed by atoms with Crippen molar-refractivity contribution in [1.82, 2.24) is 15.3 Å². The normalized spacial score (nSPS) is 11.4. The zero-order valence-electron chi connectivity index (χ0n) is 18.4. The summed E-state index contributed by atoms with van der Waals surface area (Å²) in [4.78, 5) is 16.7. The van der Waals surface area contributed by atoms with Gasteiger partial charge in [-0.2, -0.15) is 13.2 Å². The van der Waals surface area contributed by atoms with Crippen LogP contribution >= 0.6 is 0 Å². The number of nitrogens with zero attached hydrogens (tertiary/aromatic N) is 1. The van der Waals surface area contributed by atoms with E-state index in [0.717, 1.165) is 29.0 Å². The second-order valence-electron chi connectivity index (χ2n) is 7.87. The van der Waals surface area contributed by atoms with Gasteiger partial charge in [-0.3, -0.25) is 0 Å². The van der Waals surface area contributed by atoms with Crippen LogP contribution in [-0.4, -0.2) is 33.3 Å². The van der Waals surface area contributed by atoms with E-state index >= 15 is 0 Å². The summed E-state index contributed by atoms with van der Waals surface area (Å²) in [6.07, 6.45) is -5.08. The van der Waals surface area contributed by atoms with Crippen molar-refractivity contribution in [3.05, 3.63) is 78.1 Å². The number of carboxylic acid groups (broad SMARTS) is 1. The van der Waals surface area contributed by atoms with Gasteiger partial charge in [0.25, 0.3) is 0 Å². The van der Waals surface area contributed by atoms with Crippen molar-refractivity contribution in [2.24, 2.45) is 0 Å². The summed E-state index contributed by atoms with van der Waals surface area (Å²) in [5.74, 6) is -2.28. The number of carbonyl (C=O) groups is 1. The Morgan fingerprint density at radius 3 is 2.26 bits per heavy atom. The first-order valence-corrected chi connectivity index (χ1v) is 10.4. The van der Waals surface area contributed by atoms with Crippen LogP contribution in [0.2, 0.25) is 0 Å². The zero-order chi connectivity index (χ0) is 24.9. The maximum Gasteiger partial charge on any atom is 0.490 e. The Morgan fingerprint density at radius 2 is 1.62 bits per heavy atom. The molecule has 0 aliphatic heterocycles. The molecule has 0 amide bonds. The number of hydrogen-bond donors (Lipinski definition) is 3. The smallest absolute Gasteiger partial charge is 0.475 e. The van der Waals surface area contributed by atoms with Crippen molar-refractivity contribution in [2.45, 2.75) is 32.6 Å². The summed E-state index contributed by atoms with van der Waals surface area (Å²) >= 11 is 0. The molecule has 0 radical (unpaired) electrons. The molecule has 0 aliphatic rings. The van der Waals surface area contributed by atoms with E-state index < -0.39 is 12.1 Å². The number of nitrogens with one attached hydrogen (secondary N) is 2. The van der Waals surface area contributed by atoms with Crippen molar-refractivity contribution >= 4 is 17.0 Å². The van der Waals surface area contributed by atoms with Gasteiger partial charge in [0, 0.05) is 18.2 Å². The number of hydrogen-bond acceptors (Lipinski definition) is 3. The average molecular weight is 473 g/mol. The molecular formula is C25H23F4N3O2. The van der Waals surface area contributed by atoms with Gasteiger partial charge in [-0.1, -0.05) is 50.2 Å². The maximum atomic E-state index is 13.4. The molecule has 0 bridgehead atoms. The zero-order valence-corrected chi connectivity index (χ0v) is 18.4. The van der Waals surface area contributed by atoms with E-state index in [9.17, 15) is 17.6 Å². The molecule has 4 rings (SSSR count). The largest absolute Gasteiger partial charge is 0.490 e. The maximum absolute atomic E-state index is 13.4. The fourth-order valence-electron chi connectivity index (χ4n) is 3.15. The highest BCUT2D eigenvalue weighted by molar-refractivity contribution is 5.80. The van der Waals surface area contributed by atoms with Crippen molar-refractivity contribution in [2.75, 3.05) is 0 Å². The molecule has 3 aromatic carbocycles. The molecule has 0 saturated heterocycles. The Balaban J connectivity index is 0.000000406. The van der Waals surface area contributed by atoms with Crippen LogP contribution in [-0.2, 0) is 11.3 Å². The summed E-state index contributed by atoms with van der Waals surface area (Å²) < 4.78 is 45.2. The van der Waals surface area contributed by atoms with Gasteiger partial charge in [0.1, 0.15) is 11.6 Å². The number of rotatable bonds is 5. The van der Waals surface area contributed by atoms with Crippen LogP contribution in [0.4, 0.5) is 17.6 Å². The lowest BCUT2D eigenvalue weighted by Gasteiger charge is -2.10. The van der Waals surface area contributed by atoms with Crippen molar-refractivity contribution in [3.8, 4) is 22.5 Å². The van der Waals surface area contributed by atoms with Crippen molar-refractivity contribution in [3.63, 3.8) is 0 Å². The van der Waals surface area contributed by atoms with E-state index in [1.165, 1.54) is 23.3 Å². The van der Waals surface area contributed by atoms with Crippen molar-refractivity contribution < 1.29 is 27.5 Å². The number of H-pyrrole nitrogens is 1. The standard InChI is InChI=1S/C23H22FN3.C2HF3O2/c1-15(2)25-14-16-5-3-6-17(11-16)18-7-4-8-19(12-18)23-26-21-10-9-20(24)13-22(21)27-23;3-2(4,5)1(6)7/h3-13,15,25H,14H2,1-2H3,(H,26,27);(H,6,7). The molecule has 34 heavy (non-hydrogen) atoms. The van der Waals surface area contributed by atoms with E-state index in [1.807, 2.05) is 12.1 Å². The SMILES string of the molecule is CC(C)NCc1cccc(-c2cccc(-c3nc4ccc(F)cc4[nH]3)c2)c1.O=C(O)C(F)(F)F. The van der Waals surface area contributed by atoms with Crippen LogP contribution in [0.3, 0.4) is 0 Å². The second kappa shape index (κ2) is 10.5. The quantitative estimate of drug-likeness (QED) is 0.303. The number of benzene rings is 3. The molecule has 0 saturated carbocycles. The number of aromatic amines is 1. The summed E-state index contributed by atoms with van der Waals surface area (Å²) in [5, 5.41) is 10.6. The molecule has 1 heterocycles. The summed E-state index contributed by atoms with van der Waals surface area (Å²) in [6, 6.07) is 21.9. The third-order valence-corrected chi connectivity index (χ3v) is 4.80. The summed E-state index contributed by atoms with van der Waals surface area (Å²) in [5.41, 5.74) is 6.00. The first kappa shape index (κ1) is 24.9. The van der Waals surface area contributed by atoms with E-state index in [4.69, 9.17) is 9.90 Å². The molecule has 178 valence electrons. The van der Waals surface area contributed by atoms with E-state index in [-0.39, 0.29) is 5.82 Å². The molecule has 4 aromatic rings. The van der Waals surface area contributed by atoms with Crippen LogP contribution in [0.25, 0.3) is 33.5 Å². The lowest BCUT2D eigenvalue weighted by molar-refractivity contribution is -0.192. The minimum atomic E-state index is -5.08. The molecule has 0 atom stereocenters. The third kappa shape index (κ3) is 6.64. The Kier molecular flexibility index (Phi) is 7.68. The van der Waals surface area contributed by atoms with Crippen LogP contribution < -0.4 is 5.32 Å². The highest BCUT2D eigenvalue weighted by Crippen LogP contribution is 2.27. The number of aromatic nitrogens is 2. The highest BCUT2D eigenvalue weighted by Gasteiger charge is 2.38. The van der Waals surface area contributed by atoms with Gasteiger partial charge in [-0.05, 0) is 47.0 Å². The fourth-order valence-corrected chi connectivity index (χ4v) is 3.15. The Hall–Kier alpha value is -3.72. The molecule has 9 heteroatoms. The minimum Gasteiger partial charge on any atom is -0.475 e. The van der Waals surface area contributed by atoms with Gasteiger partial charge in [0.05, 0.1) is 11.0 Å². The predicted octanol–water partition coefficient (Wildman–Crippen LogP) is 6.17. The number of aliphatic carboxylic acids is 1. The van der Waals surface area contributed by atoms with Crippen LogP contribution in [0.15, 0.2) is 66.7 Å². The van der Waals surface area contributed by atoms with Gasteiger partial charge >= 0.3 is 12.1 Å². The van der Waals surface area contributed by atoms with Crippen LogP contribution in [0.1, 0.15) is 19.4 Å². The molecule has 0 spiro atoms. The topological polar surface area (TPSA) is 78.0 Å². The molecule has 0 aliphatic carbocycles. The van der Waals surface area contributed by atoms with Crippen LogP contribution in [0, 0.1) is 5.82 Å². The molecule has 0 unspecified atom stereocenters. The van der Waals surface area contributed by atoms with Gasteiger partial charge < -0.3 is 15.4 Å². The molecule has 5 nitrogen and oxygen atoms in total. The van der Waals surface area contributed by atoms with Gasteiger partial charge in [-0.15, -0.1) is 0 Å². The number of halogens is 4. The molecular weight excluding hydrogens is 450 g/mol. The van der Waals surface area contributed by atoms with Gasteiger partial charge in [0.15, 0.2) is 0 Å². The second-order valence-corrected chi connectivity index (χ2v) is 7.87. The Morgan fingerprint density at radius 1 is 1.00 bits per heavy atom. The number of imidazole rings is 1. The van der Waals surface area contributed by atoms with Gasteiger partial charge in [-0.25, -0.2) is 14.2 Å². The Bertz CT molecular complexity index is 1280. The lowest BCUT2D eigenvalue weighted by atomic mass is 10.0. The van der Waals surface area contributed by atoms with Gasteiger partial charge in [0.2, 0.25) is 0 Å². The molecule has 0 fully saturated rings. The average Bonchev–Trinajstić information content (AvgIpc) is 3.21. The summed E-state index contributed by atoms with van der Waals surface area (Å²) in [7, 11) is 0. The monoisotopic (exact) mass is 473 g/mol. The minimum absolute atomic E-state index is 0.265. The summed E-state index contributed by atoms with van der Waals surface area (Å²) in [6.45, 7) is 5.14. The van der Waals surface area contributed by atoms with E-state index in [0.29, 0.717) is 11.6 Å². The van der Waals surface area contributed by atoms with E-state index in [1.54, 1.807) is 6.07 Å². The Labute approximate surface area is 193 Å². The predicted molar refractivity (Wildman–Crippen MR) is 123 cm³/mol. The number of carboxylic acids is 1. The third-order valence-electron chi connectivity index (χ3n) is 4.80. The van der Waals surface area contributed by atoms with Crippen molar-refractivity contribution in [1.29, 1.82) is 0 Å². The molecule has 3 N–H and O–H groups in total. The first-order valence-electron chi connectivity index (χ1n) is 10.4. The van der Waals surface area contributed by atoms with Crippen LogP contribution in [0.5, 0.6) is 0 Å². The van der Waals surface area contributed by atoms with E-state index in [2.05, 4.69) is 65.5 Å².